The topological polar surface area (TPSA) is 149 Å². The van der Waals surface area contributed by atoms with Crippen LogP contribution in [-0.2, 0) is 14.3 Å². The maximum atomic E-state index is 13.0. The van der Waals surface area contributed by atoms with Crippen molar-refractivity contribution in [2.75, 3.05) is 13.2 Å². The van der Waals surface area contributed by atoms with Crippen LogP contribution in [-0.4, -0.2) is 87.5 Å². The Hall–Kier alpha value is -2.89. The summed E-state index contributed by atoms with van der Waals surface area (Å²) >= 11 is 0. The predicted octanol–water partition coefficient (Wildman–Crippen LogP) is 13.2. The first-order valence-corrected chi connectivity index (χ1v) is 27.5. The van der Waals surface area contributed by atoms with Gasteiger partial charge in [-0.2, -0.15) is 0 Å². The van der Waals surface area contributed by atoms with Gasteiger partial charge < -0.3 is 40.3 Å². The molecule has 0 bridgehead atoms. The molecule has 9 nitrogen and oxygen atoms in total. The molecule has 1 rings (SSSR count). The van der Waals surface area contributed by atoms with Crippen molar-refractivity contribution in [3.63, 3.8) is 0 Å². The standard InChI is InChI=1S/C59H101NO8/c1-3-5-7-9-11-13-15-17-19-21-23-24-25-26-27-28-29-30-31-33-35-37-39-41-43-45-47-49-55(63)60-52(51-67-59-58(66)57(65)56(64)54(50-61)68-59)53(62)48-46-44-42-40-38-36-34-32-22-20-18-16-14-12-10-8-6-4-2/h5,7,11,13,17,19,23-24,26-27,29-30,38,40,46,48,52-54,56-59,61-62,64-66H,3-4,6,8-10,12,14-16,18,20-22,25,28,31-37,39,41-45,47,49-51H2,1-2H3,(H,60,63)/b7-5-,13-11-,19-17-,24-23-,27-26-,30-29-,40-38+,48-46+. The van der Waals surface area contributed by atoms with E-state index in [1.165, 1.54) is 103 Å². The molecule has 7 atom stereocenters. The first-order chi connectivity index (χ1) is 33.3. The number of rotatable bonds is 45. The molecule has 68 heavy (non-hydrogen) atoms. The smallest absolute Gasteiger partial charge is 0.220 e. The fraction of sp³-hybridized carbons (Fsp3) is 0.712. The Bertz CT molecular complexity index is 1380. The summed E-state index contributed by atoms with van der Waals surface area (Å²) in [4.78, 5) is 13.0. The van der Waals surface area contributed by atoms with Crippen LogP contribution in [0.5, 0.6) is 0 Å². The molecule has 1 amide bonds. The molecule has 0 aromatic carbocycles. The third-order valence-electron chi connectivity index (χ3n) is 12.4. The molecule has 1 fully saturated rings. The molecular formula is C59H101NO8. The summed E-state index contributed by atoms with van der Waals surface area (Å²) < 4.78 is 11.2. The highest BCUT2D eigenvalue weighted by Crippen LogP contribution is 2.23. The van der Waals surface area contributed by atoms with Crippen molar-refractivity contribution >= 4 is 5.91 Å². The molecule has 1 aliphatic rings. The summed E-state index contributed by atoms with van der Waals surface area (Å²) in [7, 11) is 0. The lowest BCUT2D eigenvalue weighted by atomic mass is 9.99. The number of allylic oxidation sites excluding steroid dienone is 15. The van der Waals surface area contributed by atoms with E-state index < -0.39 is 49.5 Å². The van der Waals surface area contributed by atoms with Crippen LogP contribution < -0.4 is 5.32 Å². The molecule has 1 aliphatic heterocycles. The maximum absolute atomic E-state index is 13.0. The first-order valence-electron chi connectivity index (χ1n) is 27.5. The second kappa shape index (κ2) is 47.8. The highest BCUT2D eigenvalue weighted by molar-refractivity contribution is 5.76. The molecule has 6 N–H and O–H groups in total. The summed E-state index contributed by atoms with van der Waals surface area (Å²) in [6, 6.07) is -0.833. The van der Waals surface area contributed by atoms with Crippen LogP contribution in [0.25, 0.3) is 0 Å². The monoisotopic (exact) mass is 952 g/mol. The summed E-state index contributed by atoms with van der Waals surface area (Å²) in [5.74, 6) is -0.199. The Morgan fingerprint density at radius 2 is 0.926 bits per heavy atom. The molecule has 0 radical (unpaired) electrons. The predicted molar refractivity (Wildman–Crippen MR) is 285 cm³/mol. The largest absolute Gasteiger partial charge is 0.394 e. The summed E-state index contributed by atoms with van der Waals surface area (Å²) in [6.45, 7) is 3.64. The number of unbranched alkanes of at least 4 members (excludes halogenated alkanes) is 21. The van der Waals surface area contributed by atoms with E-state index in [0.29, 0.717) is 6.42 Å². The summed E-state index contributed by atoms with van der Waals surface area (Å²) in [6.07, 6.45) is 61.7. The molecule has 390 valence electrons. The van der Waals surface area contributed by atoms with E-state index >= 15 is 0 Å². The quantitative estimate of drug-likeness (QED) is 0.0261. The molecule has 0 aliphatic carbocycles. The molecular weight excluding hydrogens is 851 g/mol. The normalized spacial score (nSPS) is 20.4. The average Bonchev–Trinajstić information content (AvgIpc) is 3.34. The van der Waals surface area contributed by atoms with Crippen molar-refractivity contribution in [2.45, 2.75) is 256 Å². The van der Waals surface area contributed by atoms with Crippen molar-refractivity contribution in [1.82, 2.24) is 5.32 Å². The van der Waals surface area contributed by atoms with Gasteiger partial charge in [0.2, 0.25) is 5.91 Å². The number of hydrogen-bond donors (Lipinski definition) is 6. The second-order valence-electron chi connectivity index (χ2n) is 18.6. The van der Waals surface area contributed by atoms with Gasteiger partial charge in [0.05, 0.1) is 25.4 Å². The van der Waals surface area contributed by atoms with Crippen molar-refractivity contribution in [3.05, 3.63) is 97.2 Å². The van der Waals surface area contributed by atoms with Crippen molar-refractivity contribution in [2.24, 2.45) is 0 Å². The van der Waals surface area contributed by atoms with E-state index in [9.17, 15) is 30.3 Å². The number of ether oxygens (including phenoxy) is 2. The number of hydrogen-bond acceptors (Lipinski definition) is 8. The number of aliphatic hydroxyl groups is 5. The Kier molecular flexibility index (Phi) is 44.3. The van der Waals surface area contributed by atoms with Crippen LogP contribution in [0.4, 0.5) is 0 Å². The number of carbonyl (C=O) groups excluding carboxylic acids is 1. The van der Waals surface area contributed by atoms with Crippen LogP contribution >= 0.6 is 0 Å². The highest BCUT2D eigenvalue weighted by Gasteiger charge is 2.44. The van der Waals surface area contributed by atoms with Crippen LogP contribution in [0.1, 0.15) is 213 Å². The van der Waals surface area contributed by atoms with E-state index in [4.69, 9.17) is 9.47 Å². The van der Waals surface area contributed by atoms with Gasteiger partial charge in [-0.15, -0.1) is 0 Å². The Labute approximate surface area is 415 Å². The molecule has 1 heterocycles. The third-order valence-corrected chi connectivity index (χ3v) is 12.4. The summed E-state index contributed by atoms with van der Waals surface area (Å²) in [5, 5.41) is 54.4. The van der Waals surface area contributed by atoms with Gasteiger partial charge in [-0.05, 0) is 83.5 Å². The molecule has 1 saturated heterocycles. The van der Waals surface area contributed by atoms with Gasteiger partial charge in [-0.25, -0.2) is 0 Å². The van der Waals surface area contributed by atoms with E-state index in [2.05, 4.69) is 104 Å². The van der Waals surface area contributed by atoms with Crippen molar-refractivity contribution in [1.29, 1.82) is 0 Å². The molecule has 0 aromatic heterocycles. The van der Waals surface area contributed by atoms with Gasteiger partial charge in [0.1, 0.15) is 24.4 Å². The van der Waals surface area contributed by atoms with E-state index in [1.54, 1.807) is 6.08 Å². The lowest BCUT2D eigenvalue weighted by molar-refractivity contribution is -0.302. The SMILES string of the molecule is CC/C=C\C/C=C\C/C=C\C/C=C\C/C=C\C/C=C\CCCCCCCCCCC(=O)NC(COC1OC(CO)C(O)C(O)C1O)C(O)/C=C/CC/C=C/CCCCCCCCCCCCCC. The first kappa shape index (κ1) is 63.1. The van der Waals surface area contributed by atoms with Crippen LogP contribution in [0.3, 0.4) is 0 Å². The minimum absolute atomic E-state index is 0.199. The van der Waals surface area contributed by atoms with E-state index in [-0.39, 0.29) is 12.5 Å². The van der Waals surface area contributed by atoms with Crippen molar-refractivity contribution < 1.29 is 39.8 Å². The average molecular weight is 952 g/mol. The van der Waals surface area contributed by atoms with E-state index in [0.717, 1.165) is 89.9 Å². The zero-order valence-corrected chi connectivity index (χ0v) is 43.1. The molecule has 0 aromatic rings. The zero-order valence-electron chi connectivity index (χ0n) is 43.1. The van der Waals surface area contributed by atoms with Gasteiger partial charge in [0.15, 0.2) is 6.29 Å². The Balaban J connectivity index is 2.29. The van der Waals surface area contributed by atoms with Gasteiger partial charge in [0.25, 0.3) is 0 Å². The van der Waals surface area contributed by atoms with Crippen molar-refractivity contribution in [3.8, 4) is 0 Å². The number of amides is 1. The fourth-order valence-electron chi connectivity index (χ4n) is 8.06. The van der Waals surface area contributed by atoms with Crippen LogP contribution in [0.15, 0.2) is 97.2 Å². The minimum Gasteiger partial charge on any atom is -0.394 e. The molecule has 9 heteroatoms. The molecule has 0 saturated carbocycles. The van der Waals surface area contributed by atoms with Crippen LogP contribution in [0.2, 0.25) is 0 Å². The van der Waals surface area contributed by atoms with Gasteiger partial charge in [0, 0.05) is 6.42 Å². The second-order valence-corrected chi connectivity index (χ2v) is 18.6. The zero-order chi connectivity index (χ0) is 49.4. The number of nitrogens with one attached hydrogen (secondary N) is 1. The lowest BCUT2D eigenvalue weighted by Gasteiger charge is -2.40. The van der Waals surface area contributed by atoms with Crippen LogP contribution in [0, 0.1) is 0 Å². The number of carbonyl (C=O) groups is 1. The minimum atomic E-state index is -1.58. The highest BCUT2D eigenvalue weighted by atomic mass is 16.7. The molecule has 0 spiro atoms. The van der Waals surface area contributed by atoms with Gasteiger partial charge >= 0.3 is 0 Å². The van der Waals surface area contributed by atoms with Gasteiger partial charge in [-0.3, -0.25) is 4.79 Å². The third kappa shape index (κ3) is 37.0. The Morgan fingerprint density at radius 3 is 1.41 bits per heavy atom. The summed E-state index contributed by atoms with van der Waals surface area (Å²) in [5.41, 5.74) is 0. The fourth-order valence-corrected chi connectivity index (χ4v) is 8.06. The Morgan fingerprint density at radius 1 is 0.515 bits per heavy atom. The van der Waals surface area contributed by atoms with Gasteiger partial charge in [-0.1, -0.05) is 220 Å². The van der Waals surface area contributed by atoms with E-state index in [1.807, 2.05) is 6.08 Å². The molecule has 7 unspecified atom stereocenters. The lowest BCUT2D eigenvalue weighted by Crippen LogP contribution is -2.60. The number of aliphatic hydroxyl groups excluding tert-OH is 5. The maximum Gasteiger partial charge on any atom is 0.220 e.